The highest BCUT2D eigenvalue weighted by Gasteiger charge is 2.25. The van der Waals surface area contributed by atoms with E-state index in [0.29, 0.717) is 13.2 Å². The normalized spacial score (nSPS) is 28.5. The van der Waals surface area contributed by atoms with Crippen LogP contribution in [0.25, 0.3) is 0 Å². The molecule has 6 heteroatoms. The van der Waals surface area contributed by atoms with Crippen molar-refractivity contribution in [3.05, 3.63) is 0 Å². The van der Waals surface area contributed by atoms with Crippen LogP contribution in [0.1, 0.15) is 19.3 Å². The molecule has 1 rings (SSSR count). The van der Waals surface area contributed by atoms with Crippen LogP contribution in [0.5, 0.6) is 0 Å². The molecule has 18 heavy (non-hydrogen) atoms. The van der Waals surface area contributed by atoms with E-state index >= 15 is 0 Å². The lowest BCUT2D eigenvalue weighted by Gasteiger charge is -2.31. The number of rotatable bonds is 9. The summed E-state index contributed by atoms with van der Waals surface area (Å²) in [4.78, 5) is 0. The Hall–Kier alpha value is -0.240. The molecule has 7 N–H and O–H groups in total. The zero-order valence-electron chi connectivity index (χ0n) is 11.1. The minimum atomic E-state index is 0.0828. The summed E-state index contributed by atoms with van der Waals surface area (Å²) in [6.07, 6.45) is 3.13. The standard InChI is InChI=1S/C12H28N4O2/c13-11-2-1-10(9-12(11)14)18-8-6-16-4-3-15-5-7-17/h10-12,15-17H,1-9,13-14H2/t10?,11-,12-/m1/s1. The molecule has 1 unspecified atom stereocenters. The molecule has 0 radical (unpaired) electrons. The maximum atomic E-state index is 8.57. The van der Waals surface area contributed by atoms with E-state index in [9.17, 15) is 0 Å². The van der Waals surface area contributed by atoms with E-state index in [-0.39, 0.29) is 24.8 Å². The molecule has 3 atom stereocenters. The topological polar surface area (TPSA) is 106 Å². The lowest BCUT2D eigenvalue weighted by Crippen LogP contribution is -2.48. The molecule has 0 aliphatic heterocycles. The van der Waals surface area contributed by atoms with Crippen molar-refractivity contribution < 1.29 is 9.84 Å². The molecule has 1 aliphatic carbocycles. The highest BCUT2D eigenvalue weighted by atomic mass is 16.5. The van der Waals surface area contributed by atoms with Gasteiger partial charge in [-0.15, -0.1) is 0 Å². The van der Waals surface area contributed by atoms with Gasteiger partial charge in [0.2, 0.25) is 0 Å². The summed E-state index contributed by atoms with van der Waals surface area (Å²) in [7, 11) is 0. The van der Waals surface area contributed by atoms with Crippen LogP contribution in [0.2, 0.25) is 0 Å². The van der Waals surface area contributed by atoms with Gasteiger partial charge in [-0.05, 0) is 19.3 Å². The Bertz CT molecular complexity index is 207. The smallest absolute Gasteiger partial charge is 0.0594 e. The first-order chi connectivity index (χ1) is 8.74. The summed E-state index contributed by atoms with van der Waals surface area (Å²) in [5.74, 6) is 0. The van der Waals surface area contributed by atoms with Crippen LogP contribution >= 0.6 is 0 Å². The second kappa shape index (κ2) is 9.66. The Balaban J connectivity index is 1.89. The second-order valence-electron chi connectivity index (χ2n) is 4.86. The summed E-state index contributed by atoms with van der Waals surface area (Å²) in [6.45, 7) is 4.15. The molecule has 1 saturated carbocycles. The zero-order chi connectivity index (χ0) is 13.2. The first-order valence-electron chi connectivity index (χ1n) is 6.89. The molecule has 0 spiro atoms. The van der Waals surface area contributed by atoms with E-state index < -0.39 is 0 Å². The van der Waals surface area contributed by atoms with Crippen molar-refractivity contribution >= 4 is 0 Å². The van der Waals surface area contributed by atoms with E-state index in [1.165, 1.54) is 0 Å². The van der Waals surface area contributed by atoms with E-state index in [1.54, 1.807) is 0 Å². The SMILES string of the molecule is N[C@@H]1CCC(OCCNCCNCCO)C[C@H]1N. The van der Waals surface area contributed by atoms with Crippen molar-refractivity contribution in [1.29, 1.82) is 0 Å². The Morgan fingerprint density at radius 3 is 2.39 bits per heavy atom. The van der Waals surface area contributed by atoms with E-state index in [1.807, 2.05) is 0 Å². The second-order valence-corrected chi connectivity index (χ2v) is 4.86. The van der Waals surface area contributed by atoms with Gasteiger partial charge in [0.15, 0.2) is 0 Å². The molecule has 0 bridgehead atoms. The van der Waals surface area contributed by atoms with Crippen LogP contribution in [0.4, 0.5) is 0 Å². The Morgan fingerprint density at radius 2 is 1.72 bits per heavy atom. The van der Waals surface area contributed by atoms with Crippen LogP contribution in [0.3, 0.4) is 0 Å². The van der Waals surface area contributed by atoms with Gasteiger partial charge in [-0.25, -0.2) is 0 Å². The minimum Gasteiger partial charge on any atom is -0.395 e. The highest BCUT2D eigenvalue weighted by Crippen LogP contribution is 2.18. The quantitative estimate of drug-likeness (QED) is 0.319. The number of nitrogens with one attached hydrogen (secondary N) is 2. The monoisotopic (exact) mass is 260 g/mol. The van der Waals surface area contributed by atoms with Gasteiger partial charge in [-0.2, -0.15) is 0 Å². The van der Waals surface area contributed by atoms with E-state index in [2.05, 4.69) is 10.6 Å². The van der Waals surface area contributed by atoms with Gasteiger partial charge in [-0.1, -0.05) is 0 Å². The predicted octanol–water partition coefficient (Wildman–Crippen LogP) is -1.62. The summed E-state index contributed by atoms with van der Waals surface area (Å²) in [5, 5.41) is 15.0. The Morgan fingerprint density at radius 1 is 1.00 bits per heavy atom. The number of nitrogens with two attached hydrogens (primary N) is 2. The predicted molar refractivity (Wildman–Crippen MR) is 72.4 cm³/mol. The molecule has 0 aromatic heterocycles. The third-order valence-electron chi connectivity index (χ3n) is 3.31. The van der Waals surface area contributed by atoms with Gasteiger partial charge >= 0.3 is 0 Å². The van der Waals surface area contributed by atoms with Gasteiger partial charge in [-0.3, -0.25) is 0 Å². The summed E-state index contributed by atoms with van der Waals surface area (Å²) < 4.78 is 5.77. The van der Waals surface area contributed by atoms with Crippen molar-refractivity contribution in [2.24, 2.45) is 11.5 Å². The van der Waals surface area contributed by atoms with Crippen molar-refractivity contribution in [3.8, 4) is 0 Å². The van der Waals surface area contributed by atoms with Crippen molar-refractivity contribution in [2.75, 3.05) is 39.4 Å². The maximum Gasteiger partial charge on any atom is 0.0594 e. The number of hydrogen-bond donors (Lipinski definition) is 5. The van der Waals surface area contributed by atoms with Crippen molar-refractivity contribution in [1.82, 2.24) is 10.6 Å². The fourth-order valence-corrected chi connectivity index (χ4v) is 2.14. The summed E-state index contributed by atoms with van der Waals surface area (Å²) in [6, 6.07) is 0.222. The molecule has 1 fully saturated rings. The Kier molecular flexibility index (Phi) is 8.49. The first-order valence-corrected chi connectivity index (χ1v) is 6.89. The molecular weight excluding hydrogens is 232 g/mol. The number of aliphatic hydroxyl groups is 1. The molecule has 0 saturated heterocycles. The summed E-state index contributed by atoms with van der Waals surface area (Å²) >= 11 is 0. The lowest BCUT2D eigenvalue weighted by molar-refractivity contribution is 0.0216. The fourth-order valence-electron chi connectivity index (χ4n) is 2.14. The third-order valence-corrected chi connectivity index (χ3v) is 3.31. The Labute approximate surface area is 109 Å². The third kappa shape index (κ3) is 6.63. The van der Waals surface area contributed by atoms with Crippen LogP contribution in [0.15, 0.2) is 0 Å². The minimum absolute atomic E-state index is 0.0828. The molecule has 1 aliphatic rings. The number of aliphatic hydroxyl groups excluding tert-OH is 1. The van der Waals surface area contributed by atoms with Crippen LogP contribution in [-0.2, 0) is 4.74 Å². The molecule has 6 nitrogen and oxygen atoms in total. The molecule has 0 heterocycles. The molecular formula is C12H28N4O2. The first kappa shape index (κ1) is 15.8. The lowest BCUT2D eigenvalue weighted by atomic mass is 9.89. The van der Waals surface area contributed by atoms with Gasteiger partial charge in [0, 0.05) is 38.3 Å². The molecule has 0 aromatic carbocycles. The van der Waals surface area contributed by atoms with Crippen molar-refractivity contribution in [3.63, 3.8) is 0 Å². The van der Waals surface area contributed by atoms with Gasteiger partial charge in [0.1, 0.15) is 0 Å². The highest BCUT2D eigenvalue weighted by molar-refractivity contribution is 4.85. The van der Waals surface area contributed by atoms with Crippen LogP contribution in [-0.4, -0.2) is 62.7 Å². The van der Waals surface area contributed by atoms with Crippen molar-refractivity contribution in [2.45, 2.75) is 37.5 Å². The maximum absolute atomic E-state index is 8.57. The summed E-state index contributed by atoms with van der Waals surface area (Å²) in [5.41, 5.74) is 11.8. The molecule has 108 valence electrons. The van der Waals surface area contributed by atoms with Gasteiger partial charge in [0.05, 0.1) is 19.3 Å². The average molecular weight is 260 g/mol. The molecule has 0 aromatic rings. The fraction of sp³-hybridized carbons (Fsp3) is 1.00. The zero-order valence-corrected chi connectivity index (χ0v) is 11.1. The number of ether oxygens (including phenoxy) is 1. The van der Waals surface area contributed by atoms with Crippen LogP contribution < -0.4 is 22.1 Å². The van der Waals surface area contributed by atoms with Gasteiger partial charge in [0.25, 0.3) is 0 Å². The average Bonchev–Trinajstić information content (AvgIpc) is 2.37. The van der Waals surface area contributed by atoms with E-state index in [0.717, 1.165) is 38.9 Å². The number of hydrogen-bond acceptors (Lipinski definition) is 6. The molecule has 0 amide bonds. The van der Waals surface area contributed by atoms with Gasteiger partial charge < -0.3 is 31.9 Å². The van der Waals surface area contributed by atoms with E-state index in [4.69, 9.17) is 21.3 Å². The largest absolute Gasteiger partial charge is 0.395 e. The van der Waals surface area contributed by atoms with Crippen LogP contribution in [0, 0.1) is 0 Å².